The molecule has 0 radical (unpaired) electrons. The Balaban J connectivity index is 1.33. The van der Waals surface area contributed by atoms with Crippen LogP contribution >= 0.6 is 0 Å². The number of carbonyl (C=O) groups is 1. The van der Waals surface area contributed by atoms with Crippen molar-refractivity contribution in [3.63, 3.8) is 0 Å². The Morgan fingerprint density at radius 3 is 2.23 bits per heavy atom. The molecule has 0 atom stereocenters. The summed E-state index contributed by atoms with van der Waals surface area (Å²) in [5.41, 5.74) is 4.49. The molecule has 0 fully saturated rings. The Hall–Kier alpha value is -4.00. The predicted octanol–water partition coefficient (Wildman–Crippen LogP) is 5.01. The number of anilines is 2. The summed E-state index contributed by atoms with van der Waals surface area (Å²) in [6.07, 6.45) is 1.68. The SMILES string of the molecule is COc1cc(NC(=O)Nc2ccc(CCc3nc4ccccc4[nH]3)cc2)cc(OC)c1. The number of aryl methyl sites for hydroxylation is 2. The number of aromatic amines is 1. The van der Waals surface area contributed by atoms with Gasteiger partial charge in [-0.3, -0.25) is 0 Å². The van der Waals surface area contributed by atoms with Crippen molar-refractivity contribution in [3.8, 4) is 11.5 Å². The number of nitrogens with one attached hydrogen (secondary N) is 3. The molecule has 1 aromatic heterocycles. The topological polar surface area (TPSA) is 88.3 Å². The van der Waals surface area contributed by atoms with E-state index >= 15 is 0 Å². The van der Waals surface area contributed by atoms with Crippen LogP contribution in [0.4, 0.5) is 16.2 Å². The number of urea groups is 1. The van der Waals surface area contributed by atoms with Crippen molar-refractivity contribution in [2.75, 3.05) is 24.9 Å². The molecule has 7 nitrogen and oxygen atoms in total. The van der Waals surface area contributed by atoms with Gasteiger partial charge in [0.15, 0.2) is 0 Å². The maximum absolute atomic E-state index is 12.3. The minimum Gasteiger partial charge on any atom is -0.497 e. The number of nitrogens with zero attached hydrogens (tertiary/aromatic N) is 1. The van der Waals surface area contributed by atoms with Gasteiger partial charge >= 0.3 is 6.03 Å². The lowest BCUT2D eigenvalue weighted by molar-refractivity contribution is 0.262. The minimum atomic E-state index is -0.342. The van der Waals surface area contributed by atoms with E-state index < -0.39 is 0 Å². The van der Waals surface area contributed by atoms with Gasteiger partial charge in [0.1, 0.15) is 17.3 Å². The molecule has 0 aliphatic carbocycles. The van der Waals surface area contributed by atoms with Crippen molar-refractivity contribution < 1.29 is 14.3 Å². The Morgan fingerprint density at radius 2 is 1.55 bits per heavy atom. The first kappa shape index (κ1) is 20.3. The van der Waals surface area contributed by atoms with Crippen LogP contribution in [-0.2, 0) is 12.8 Å². The standard InChI is InChI=1S/C24H24N4O3/c1-30-19-13-18(14-20(15-19)31-2)26-24(29)25-17-10-7-16(8-11-17)9-12-23-27-21-5-3-4-6-22(21)28-23/h3-8,10-11,13-15H,9,12H2,1-2H3,(H,27,28)(H2,25,26,29). The number of hydrogen-bond acceptors (Lipinski definition) is 4. The summed E-state index contributed by atoms with van der Waals surface area (Å²) in [6.45, 7) is 0. The van der Waals surface area contributed by atoms with Gasteiger partial charge in [0, 0.05) is 36.0 Å². The van der Waals surface area contributed by atoms with E-state index in [4.69, 9.17) is 9.47 Å². The van der Waals surface area contributed by atoms with E-state index in [1.807, 2.05) is 48.5 Å². The number of rotatable bonds is 7. The molecule has 0 unspecified atom stereocenters. The molecule has 4 aromatic rings. The molecule has 158 valence electrons. The summed E-state index contributed by atoms with van der Waals surface area (Å²) < 4.78 is 10.4. The van der Waals surface area contributed by atoms with E-state index in [-0.39, 0.29) is 6.03 Å². The maximum atomic E-state index is 12.3. The summed E-state index contributed by atoms with van der Waals surface area (Å²) in [5, 5.41) is 5.63. The summed E-state index contributed by atoms with van der Waals surface area (Å²) in [4.78, 5) is 20.3. The highest BCUT2D eigenvalue weighted by atomic mass is 16.5. The van der Waals surface area contributed by atoms with Gasteiger partial charge in [-0.25, -0.2) is 9.78 Å². The van der Waals surface area contributed by atoms with E-state index in [1.165, 1.54) is 5.56 Å². The largest absolute Gasteiger partial charge is 0.497 e. The molecule has 4 rings (SSSR count). The van der Waals surface area contributed by atoms with E-state index in [2.05, 4.69) is 20.6 Å². The van der Waals surface area contributed by atoms with Gasteiger partial charge in [-0.2, -0.15) is 0 Å². The Bertz CT molecular complexity index is 1130. The second kappa shape index (κ2) is 9.21. The molecular formula is C24H24N4O3. The first-order valence-electron chi connectivity index (χ1n) is 9.96. The fourth-order valence-corrected chi connectivity index (χ4v) is 3.31. The molecule has 3 aromatic carbocycles. The van der Waals surface area contributed by atoms with Crippen LogP contribution in [0.15, 0.2) is 66.7 Å². The highest BCUT2D eigenvalue weighted by Crippen LogP contribution is 2.26. The van der Waals surface area contributed by atoms with Gasteiger partial charge in [0.2, 0.25) is 0 Å². The normalized spacial score (nSPS) is 10.6. The molecular weight excluding hydrogens is 392 g/mol. The van der Waals surface area contributed by atoms with E-state index in [0.717, 1.165) is 29.7 Å². The number of carbonyl (C=O) groups excluding carboxylic acids is 1. The highest BCUT2D eigenvalue weighted by Gasteiger charge is 2.07. The molecule has 0 aliphatic rings. The smallest absolute Gasteiger partial charge is 0.323 e. The lowest BCUT2D eigenvalue weighted by Gasteiger charge is -2.11. The fourth-order valence-electron chi connectivity index (χ4n) is 3.31. The Labute approximate surface area is 180 Å². The summed E-state index contributed by atoms with van der Waals surface area (Å²) in [7, 11) is 3.13. The van der Waals surface area contributed by atoms with E-state index in [0.29, 0.717) is 22.9 Å². The first-order valence-corrected chi connectivity index (χ1v) is 9.96. The van der Waals surface area contributed by atoms with E-state index in [9.17, 15) is 4.79 Å². The molecule has 2 amide bonds. The van der Waals surface area contributed by atoms with Gasteiger partial charge in [-0.05, 0) is 36.2 Å². The third-order valence-corrected chi connectivity index (χ3v) is 4.91. The van der Waals surface area contributed by atoms with E-state index in [1.54, 1.807) is 32.4 Å². The minimum absolute atomic E-state index is 0.342. The van der Waals surface area contributed by atoms with Crippen LogP contribution in [0.1, 0.15) is 11.4 Å². The van der Waals surface area contributed by atoms with Crippen LogP contribution in [-0.4, -0.2) is 30.2 Å². The number of H-pyrrole nitrogens is 1. The Kier molecular flexibility index (Phi) is 6.03. The van der Waals surface area contributed by atoms with Crippen molar-refractivity contribution >= 4 is 28.4 Å². The van der Waals surface area contributed by atoms with Crippen molar-refractivity contribution in [3.05, 3.63) is 78.1 Å². The first-order chi connectivity index (χ1) is 15.1. The maximum Gasteiger partial charge on any atom is 0.323 e. The molecule has 1 heterocycles. The third kappa shape index (κ3) is 5.14. The fraction of sp³-hybridized carbons (Fsp3) is 0.167. The molecule has 0 saturated carbocycles. The second-order valence-corrected chi connectivity index (χ2v) is 7.08. The number of ether oxygens (including phenoxy) is 2. The second-order valence-electron chi connectivity index (χ2n) is 7.08. The summed E-state index contributed by atoms with van der Waals surface area (Å²) in [5.74, 6) is 2.17. The molecule has 31 heavy (non-hydrogen) atoms. The van der Waals surface area contributed by atoms with Crippen LogP contribution in [0.2, 0.25) is 0 Å². The number of para-hydroxylation sites is 2. The molecule has 7 heteroatoms. The van der Waals surface area contributed by atoms with Crippen molar-refractivity contribution in [2.45, 2.75) is 12.8 Å². The van der Waals surface area contributed by atoms with Crippen LogP contribution < -0.4 is 20.1 Å². The number of amides is 2. The average molecular weight is 416 g/mol. The monoisotopic (exact) mass is 416 g/mol. The summed E-state index contributed by atoms with van der Waals surface area (Å²) in [6, 6.07) is 20.7. The van der Waals surface area contributed by atoms with Crippen molar-refractivity contribution in [1.82, 2.24) is 9.97 Å². The summed E-state index contributed by atoms with van der Waals surface area (Å²) >= 11 is 0. The number of hydrogen-bond donors (Lipinski definition) is 3. The number of aromatic nitrogens is 2. The lowest BCUT2D eigenvalue weighted by atomic mass is 10.1. The van der Waals surface area contributed by atoms with Crippen molar-refractivity contribution in [1.29, 1.82) is 0 Å². The quantitative estimate of drug-likeness (QED) is 0.395. The zero-order valence-corrected chi connectivity index (χ0v) is 17.4. The van der Waals surface area contributed by atoms with Crippen LogP contribution in [0.3, 0.4) is 0 Å². The zero-order valence-electron chi connectivity index (χ0n) is 17.4. The van der Waals surface area contributed by atoms with Crippen LogP contribution in [0.5, 0.6) is 11.5 Å². The number of benzene rings is 3. The Morgan fingerprint density at radius 1 is 0.871 bits per heavy atom. The van der Waals surface area contributed by atoms with Gasteiger partial charge < -0.3 is 25.1 Å². The number of fused-ring (bicyclic) bond motifs is 1. The third-order valence-electron chi connectivity index (χ3n) is 4.91. The molecule has 3 N–H and O–H groups in total. The van der Waals surface area contributed by atoms with Gasteiger partial charge in [-0.15, -0.1) is 0 Å². The van der Waals surface area contributed by atoms with Gasteiger partial charge in [0.25, 0.3) is 0 Å². The average Bonchev–Trinajstić information content (AvgIpc) is 3.21. The number of methoxy groups -OCH3 is 2. The highest BCUT2D eigenvalue weighted by molar-refractivity contribution is 6.00. The van der Waals surface area contributed by atoms with Crippen LogP contribution in [0, 0.1) is 0 Å². The van der Waals surface area contributed by atoms with Gasteiger partial charge in [0.05, 0.1) is 25.3 Å². The van der Waals surface area contributed by atoms with Crippen LogP contribution in [0.25, 0.3) is 11.0 Å². The predicted molar refractivity (Wildman–Crippen MR) is 122 cm³/mol. The molecule has 0 spiro atoms. The van der Waals surface area contributed by atoms with Crippen molar-refractivity contribution in [2.24, 2.45) is 0 Å². The molecule has 0 bridgehead atoms. The molecule has 0 aliphatic heterocycles. The number of imidazole rings is 1. The lowest BCUT2D eigenvalue weighted by Crippen LogP contribution is -2.19. The zero-order chi connectivity index (χ0) is 21.6. The molecule has 0 saturated heterocycles. The van der Waals surface area contributed by atoms with Gasteiger partial charge in [-0.1, -0.05) is 24.3 Å².